The first-order valence-corrected chi connectivity index (χ1v) is 12.9. The Bertz CT molecular complexity index is 1310. The van der Waals surface area contributed by atoms with Gasteiger partial charge in [0.25, 0.3) is 11.1 Å². The molecule has 2 saturated heterocycles. The molecule has 3 aromatic rings. The fourth-order valence-electron chi connectivity index (χ4n) is 4.77. The summed E-state index contributed by atoms with van der Waals surface area (Å²) in [5, 5.41) is 3.12. The topological polar surface area (TPSA) is 88.1 Å². The highest BCUT2D eigenvalue weighted by Gasteiger charge is 2.31. The zero-order chi connectivity index (χ0) is 24.4. The number of carbonyl (C=O) groups excluding carboxylic acids is 2. The molecule has 2 amide bonds. The molecular formula is C27H29N5O2S. The van der Waals surface area contributed by atoms with Gasteiger partial charge in [0, 0.05) is 30.4 Å². The minimum Gasteiger partial charge on any atom is -0.341 e. The van der Waals surface area contributed by atoms with Gasteiger partial charge in [0.15, 0.2) is 0 Å². The highest BCUT2D eigenvalue weighted by atomic mass is 32.2. The summed E-state index contributed by atoms with van der Waals surface area (Å²) in [7, 11) is 0. The summed E-state index contributed by atoms with van der Waals surface area (Å²) in [5.41, 5.74) is 4.43. The number of benzene rings is 1. The summed E-state index contributed by atoms with van der Waals surface area (Å²) >= 11 is 0.900. The molecule has 2 aliphatic heterocycles. The molecule has 0 unspecified atom stereocenters. The first kappa shape index (κ1) is 23.5. The molecule has 0 spiro atoms. The van der Waals surface area contributed by atoms with Crippen LogP contribution in [0.4, 0.5) is 10.7 Å². The van der Waals surface area contributed by atoms with Gasteiger partial charge in [0.1, 0.15) is 0 Å². The van der Waals surface area contributed by atoms with Crippen molar-refractivity contribution in [3.63, 3.8) is 0 Å². The fraction of sp³-hybridized carbons (Fsp3) is 0.370. The lowest BCUT2D eigenvalue weighted by atomic mass is 9.76. The summed E-state index contributed by atoms with van der Waals surface area (Å²) in [6, 6.07) is 12.5. The monoisotopic (exact) mass is 487 g/mol. The molecule has 2 aromatic heterocycles. The highest BCUT2D eigenvalue weighted by Crippen LogP contribution is 2.37. The van der Waals surface area contributed by atoms with Gasteiger partial charge >= 0.3 is 0 Å². The lowest BCUT2D eigenvalue weighted by Gasteiger charge is -2.39. The Morgan fingerprint density at radius 3 is 2.71 bits per heavy atom. The molecule has 0 radical (unpaired) electrons. The van der Waals surface area contributed by atoms with E-state index in [1.807, 2.05) is 0 Å². The Morgan fingerprint density at radius 2 is 1.94 bits per heavy atom. The molecule has 7 nitrogen and oxygen atoms in total. The van der Waals surface area contributed by atoms with Crippen molar-refractivity contribution in [1.29, 1.82) is 0 Å². The maximum Gasteiger partial charge on any atom is 0.290 e. The van der Waals surface area contributed by atoms with Gasteiger partial charge in [-0.1, -0.05) is 24.6 Å². The van der Waals surface area contributed by atoms with Crippen molar-refractivity contribution >= 4 is 45.8 Å². The number of nitrogens with zero attached hydrogens (tertiary/aromatic N) is 4. The lowest BCUT2D eigenvalue weighted by molar-refractivity contribution is -0.115. The summed E-state index contributed by atoms with van der Waals surface area (Å²) < 4.78 is 0. The van der Waals surface area contributed by atoms with Crippen molar-refractivity contribution in [3.8, 4) is 0 Å². The number of hydrogen-bond donors (Lipinski definition) is 1. The minimum absolute atomic E-state index is 0.295. The number of aromatic nitrogens is 3. The van der Waals surface area contributed by atoms with Gasteiger partial charge in [-0.05, 0) is 86.5 Å². The van der Waals surface area contributed by atoms with Gasteiger partial charge < -0.3 is 4.90 Å². The van der Waals surface area contributed by atoms with E-state index < -0.39 is 0 Å². The van der Waals surface area contributed by atoms with E-state index in [1.165, 1.54) is 17.4 Å². The van der Waals surface area contributed by atoms with Crippen molar-refractivity contribution in [2.24, 2.45) is 5.41 Å². The van der Waals surface area contributed by atoms with E-state index in [2.05, 4.69) is 64.4 Å². The number of nitrogens with one attached hydrogen (secondary N) is 1. The largest absolute Gasteiger partial charge is 0.341 e. The quantitative estimate of drug-likeness (QED) is 0.473. The van der Waals surface area contributed by atoms with Crippen LogP contribution in [-0.4, -0.2) is 39.2 Å². The Kier molecular flexibility index (Phi) is 6.56. The van der Waals surface area contributed by atoms with Gasteiger partial charge in [-0.15, -0.1) is 0 Å². The maximum absolute atomic E-state index is 11.8. The van der Waals surface area contributed by atoms with Gasteiger partial charge in [0.05, 0.1) is 16.1 Å². The predicted octanol–water partition coefficient (Wildman–Crippen LogP) is 5.29. The number of amides is 2. The Hall–Kier alpha value is -3.26. The van der Waals surface area contributed by atoms with Gasteiger partial charge in [-0.3, -0.25) is 19.9 Å². The van der Waals surface area contributed by atoms with Crippen LogP contribution < -0.4 is 10.2 Å². The number of thioether (sulfide) groups is 1. The smallest absolute Gasteiger partial charge is 0.290 e. The van der Waals surface area contributed by atoms with Gasteiger partial charge in [-0.2, -0.15) is 0 Å². The van der Waals surface area contributed by atoms with Crippen LogP contribution in [0.1, 0.15) is 49.6 Å². The zero-order valence-corrected chi connectivity index (χ0v) is 20.9. The lowest BCUT2D eigenvalue weighted by Crippen LogP contribution is -2.39. The number of imide groups is 1. The molecular weight excluding hydrogens is 458 g/mol. The molecule has 35 heavy (non-hydrogen) atoms. The normalized spacial score (nSPS) is 18.9. The first-order valence-electron chi connectivity index (χ1n) is 12.1. The molecule has 2 aliphatic rings. The first-order chi connectivity index (χ1) is 16.9. The molecule has 0 bridgehead atoms. The van der Waals surface area contributed by atoms with Crippen LogP contribution in [0.5, 0.6) is 0 Å². The van der Waals surface area contributed by atoms with E-state index >= 15 is 0 Å². The van der Waals surface area contributed by atoms with E-state index in [-0.39, 0.29) is 11.1 Å². The van der Waals surface area contributed by atoms with Crippen molar-refractivity contribution in [3.05, 3.63) is 64.5 Å². The average molecular weight is 488 g/mol. The van der Waals surface area contributed by atoms with Crippen LogP contribution in [0, 0.1) is 12.3 Å². The van der Waals surface area contributed by atoms with Crippen LogP contribution in [0.2, 0.25) is 0 Å². The molecule has 5 rings (SSSR count). The van der Waals surface area contributed by atoms with Crippen molar-refractivity contribution in [1.82, 2.24) is 20.3 Å². The second kappa shape index (κ2) is 9.77. The van der Waals surface area contributed by atoms with Gasteiger partial charge in [-0.25, -0.2) is 9.97 Å². The predicted molar refractivity (Wildman–Crippen MR) is 140 cm³/mol. The molecule has 1 N–H and O–H groups in total. The summed E-state index contributed by atoms with van der Waals surface area (Å²) in [6.45, 7) is 6.30. The number of hydrogen-bond acceptors (Lipinski definition) is 7. The third-order valence-corrected chi connectivity index (χ3v) is 7.77. The number of carbonyl (C=O) groups is 2. The summed E-state index contributed by atoms with van der Waals surface area (Å²) in [6.07, 6.45) is 8.81. The third kappa shape index (κ3) is 5.53. The number of fused-ring (bicyclic) bond motifs is 1. The Morgan fingerprint density at radius 1 is 1.11 bits per heavy atom. The molecule has 180 valence electrons. The molecule has 0 saturated carbocycles. The van der Waals surface area contributed by atoms with E-state index in [4.69, 9.17) is 4.98 Å². The molecule has 0 aliphatic carbocycles. The van der Waals surface area contributed by atoms with Crippen molar-refractivity contribution in [2.75, 3.05) is 18.0 Å². The number of pyridine rings is 1. The SMILES string of the molecule is Cc1ccc2nc(CCCC3(C)CCN(c4nccc(/C=C5\SC(=O)NC5=O)n4)CC3)ccc2c1. The molecule has 0 atom stereocenters. The number of aryl methyl sites for hydroxylation is 2. The van der Waals surface area contributed by atoms with Crippen LogP contribution >= 0.6 is 11.8 Å². The molecule has 1 aromatic carbocycles. The molecule has 8 heteroatoms. The average Bonchev–Trinajstić information content (AvgIpc) is 3.16. The number of piperidine rings is 1. The van der Waals surface area contributed by atoms with E-state index in [1.54, 1.807) is 18.3 Å². The Balaban J connectivity index is 1.16. The number of anilines is 1. The van der Waals surface area contributed by atoms with E-state index in [9.17, 15) is 9.59 Å². The number of rotatable bonds is 6. The van der Waals surface area contributed by atoms with Crippen LogP contribution in [0.15, 0.2) is 47.5 Å². The molecule has 2 fully saturated rings. The van der Waals surface area contributed by atoms with Crippen molar-refractivity contribution < 1.29 is 9.59 Å². The standard InChI is InChI=1S/C27H29N5O2S/c1-18-5-8-22-19(16-18)6-7-20(29-22)4-3-10-27(2)11-14-32(15-12-27)25-28-13-9-21(30-25)17-23-24(33)31-26(34)35-23/h5-9,13,16-17H,3-4,10-12,14-15H2,1-2H3,(H,31,33,34)/b23-17-. The van der Waals surface area contributed by atoms with E-state index in [0.717, 1.165) is 61.7 Å². The van der Waals surface area contributed by atoms with Crippen LogP contribution in [-0.2, 0) is 11.2 Å². The summed E-state index contributed by atoms with van der Waals surface area (Å²) in [4.78, 5) is 39.7. The second-order valence-electron chi connectivity index (χ2n) is 9.78. The highest BCUT2D eigenvalue weighted by molar-refractivity contribution is 8.18. The zero-order valence-electron chi connectivity index (χ0n) is 20.1. The van der Waals surface area contributed by atoms with Crippen molar-refractivity contribution in [2.45, 2.75) is 46.0 Å². The summed E-state index contributed by atoms with van der Waals surface area (Å²) in [5.74, 6) is 0.301. The van der Waals surface area contributed by atoms with Gasteiger partial charge in [0.2, 0.25) is 5.95 Å². The van der Waals surface area contributed by atoms with Crippen LogP contribution in [0.25, 0.3) is 17.0 Å². The van der Waals surface area contributed by atoms with Crippen LogP contribution in [0.3, 0.4) is 0 Å². The van der Waals surface area contributed by atoms with E-state index in [0.29, 0.717) is 22.0 Å². The Labute approximate surface area is 209 Å². The second-order valence-corrected chi connectivity index (χ2v) is 10.8. The minimum atomic E-state index is -0.372. The molecule has 4 heterocycles. The maximum atomic E-state index is 11.8. The fourth-order valence-corrected chi connectivity index (χ4v) is 5.44. The third-order valence-electron chi connectivity index (χ3n) is 6.95.